The lowest BCUT2D eigenvalue weighted by molar-refractivity contribution is 0.251. The van der Waals surface area contributed by atoms with Gasteiger partial charge < -0.3 is 0 Å². The summed E-state index contributed by atoms with van der Waals surface area (Å²) < 4.78 is 0. The molecular formula is C12H18N2S. The van der Waals surface area contributed by atoms with Gasteiger partial charge >= 0.3 is 0 Å². The second kappa shape index (κ2) is 4.99. The lowest BCUT2D eigenvalue weighted by Gasteiger charge is -2.22. The summed E-state index contributed by atoms with van der Waals surface area (Å²) in [6.45, 7) is 3.06. The third kappa shape index (κ3) is 2.95. The molecule has 0 N–H and O–H groups in total. The summed E-state index contributed by atoms with van der Waals surface area (Å²) in [4.78, 5) is 6.87. The molecule has 2 nitrogen and oxygen atoms in total. The Kier molecular flexibility index (Phi) is 3.65. The van der Waals surface area contributed by atoms with Gasteiger partial charge in [-0.2, -0.15) is 11.8 Å². The van der Waals surface area contributed by atoms with E-state index in [1.54, 1.807) is 0 Å². The van der Waals surface area contributed by atoms with E-state index < -0.39 is 0 Å². The first-order valence-corrected chi connectivity index (χ1v) is 6.60. The molecule has 3 heteroatoms. The van der Waals surface area contributed by atoms with Crippen molar-refractivity contribution in [3.8, 4) is 0 Å². The number of rotatable bonds is 3. The van der Waals surface area contributed by atoms with Crippen LogP contribution in [0.25, 0.3) is 0 Å². The van der Waals surface area contributed by atoms with E-state index in [4.69, 9.17) is 0 Å². The summed E-state index contributed by atoms with van der Waals surface area (Å²) in [5, 5.41) is 0. The van der Waals surface area contributed by atoms with Crippen molar-refractivity contribution in [2.24, 2.45) is 0 Å². The topological polar surface area (TPSA) is 16.1 Å². The van der Waals surface area contributed by atoms with Gasteiger partial charge in [-0.3, -0.25) is 9.88 Å². The van der Waals surface area contributed by atoms with Gasteiger partial charge in [0.15, 0.2) is 0 Å². The van der Waals surface area contributed by atoms with Crippen LogP contribution >= 0.6 is 11.8 Å². The molecule has 1 saturated heterocycles. The fraction of sp³-hybridized carbons (Fsp3) is 0.583. The van der Waals surface area contributed by atoms with Gasteiger partial charge in [0.05, 0.1) is 5.69 Å². The molecule has 0 radical (unpaired) electrons. The number of hydrogen-bond acceptors (Lipinski definition) is 3. The van der Waals surface area contributed by atoms with Crippen molar-refractivity contribution in [3.63, 3.8) is 0 Å². The summed E-state index contributed by atoms with van der Waals surface area (Å²) in [6, 6.07) is 5.02. The Labute approximate surface area is 96.1 Å². The van der Waals surface area contributed by atoms with Gasteiger partial charge in [0.2, 0.25) is 0 Å². The van der Waals surface area contributed by atoms with E-state index in [9.17, 15) is 0 Å². The molecule has 0 aliphatic carbocycles. The van der Waals surface area contributed by atoms with Gasteiger partial charge in [0.1, 0.15) is 0 Å². The Balaban J connectivity index is 1.92. The molecule has 2 rings (SSSR count). The number of hydrogen-bond donors (Lipinski definition) is 0. The summed E-state index contributed by atoms with van der Waals surface area (Å²) in [6.07, 6.45) is 3.28. The molecule has 0 aromatic carbocycles. The van der Waals surface area contributed by atoms with E-state index in [0.717, 1.165) is 12.6 Å². The maximum atomic E-state index is 4.44. The summed E-state index contributed by atoms with van der Waals surface area (Å²) in [7, 11) is 2.21. The zero-order chi connectivity index (χ0) is 10.7. The van der Waals surface area contributed by atoms with E-state index in [1.165, 1.54) is 29.2 Å². The smallest absolute Gasteiger partial charge is 0.0544 e. The predicted molar refractivity (Wildman–Crippen MR) is 66.2 cm³/mol. The average molecular weight is 222 g/mol. The van der Waals surface area contributed by atoms with Crippen LogP contribution in [-0.2, 0) is 6.54 Å². The van der Waals surface area contributed by atoms with Crippen LogP contribution in [0, 0.1) is 6.92 Å². The normalized spacial score (nSPS) is 21.1. The summed E-state index contributed by atoms with van der Waals surface area (Å²) in [5.41, 5.74) is 2.41. The molecule has 0 amide bonds. The molecule has 2 heterocycles. The molecule has 1 atom stereocenters. The number of thioether (sulfide) groups is 1. The molecule has 1 fully saturated rings. The Hall–Kier alpha value is -0.540. The minimum atomic E-state index is 0.748. The standard InChI is InChI=1S/C12H18N2S/c1-10-3-4-11(13-7-10)8-14(2)12-5-6-15-9-12/h3-4,7,12H,5-6,8-9H2,1-2H3. The second-order valence-electron chi connectivity index (χ2n) is 4.26. The predicted octanol–water partition coefficient (Wildman–Crippen LogP) is 2.33. The Morgan fingerprint density at radius 3 is 3.00 bits per heavy atom. The largest absolute Gasteiger partial charge is 0.297 e. The lowest BCUT2D eigenvalue weighted by atomic mass is 10.2. The fourth-order valence-electron chi connectivity index (χ4n) is 1.85. The molecule has 1 aromatic heterocycles. The minimum absolute atomic E-state index is 0.748. The molecule has 0 spiro atoms. The Morgan fingerprint density at radius 2 is 2.40 bits per heavy atom. The van der Waals surface area contributed by atoms with Gasteiger partial charge in [-0.25, -0.2) is 0 Å². The first-order chi connectivity index (χ1) is 7.25. The highest BCUT2D eigenvalue weighted by Crippen LogP contribution is 2.22. The van der Waals surface area contributed by atoms with Crippen molar-refractivity contribution in [2.45, 2.75) is 25.9 Å². The third-order valence-corrected chi connectivity index (χ3v) is 4.06. The zero-order valence-corrected chi connectivity index (χ0v) is 10.3. The maximum Gasteiger partial charge on any atom is 0.0544 e. The first kappa shape index (κ1) is 11.0. The molecule has 0 bridgehead atoms. The summed E-state index contributed by atoms with van der Waals surface area (Å²) >= 11 is 2.06. The number of aryl methyl sites for hydroxylation is 1. The quantitative estimate of drug-likeness (QED) is 0.781. The fourth-order valence-corrected chi connectivity index (χ4v) is 3.14. The van der Waals surface area contributed by atoms with Crippen molar-refractivity contribution in [1.82, 2.24) is 9.88 Å². The van der Waals surface area contributed by atoms with Crippen LogP contribution in [-0.4, -0.2) is 34.5 Å². The maximum absolute atomic E-state index is 4.44. The van der Waals surface area contributed by atoms with Crippen LogP contribution in [0.2, 0.25) is 0 Å². The molecule has 15 heavy (non-hydrogen) atoms. The van der Waals surface area contributed by atoms with Gasteiger partial charge in [-0.05, 0) is 37.8 Å². The highest BCUT2D eigenvalue weighted by Gasteiger charge is 2.19. The number of aromatic nitrogens is 1. The van der Waals surface area contributed by atoms with Crippen LogP contribution in [0.5, 0.6) is 0 Å². The zero-order valence-electron chi connectivity index (χ0n) is 9.44. The van der Waals surface area contributed by atoms with Crippen LogP contribution < -0.4 is 0 Å². The van der Waals surface area contributed by atoms with Crippen LogP contribution in [0.15, 0.2) is 18.3 Å². The molecular weight excluding hydrogens is 204 g/mol. The monoisotopic (exact) mass is 222 g/mol. The lowest BCUT2D eigenvalue weighted by Crippen LogP contribution is -2.31. The number of pyridine rings is 1. The van der Waals surface area contributed by atoms with E-state index in [-0.39, 0.29) is 0 Å². The van der Waals surface area contributed by atoms with E-state index in [0.29, 0.717) is 0 Å². The van der Waals surface area contributed by atoms with Crippen molar-refractivity contribution >= 4 is 11.8 Å². The number of nitrogens with zero attached hydrogens (tertiary/aromatic N) is 2. The highest BCUT2D eigenvalue weighted by atomic mass is 32.2. The second-order valence-corrected chi connectivity index (χ2v) is 5.41. The van der Waals surface area contributed by atoms with Crippen LogP contribution in [0.4, 0.5) is 0 Å². The molecule has 0 saturated carbocycles. The Bertz CT molecular complexity index is 304. The Morgan fingerprint density at radius 1 is 1.53 bits per heavy atom. The highest BCUT2D eigenvalue weighted by molar-refractivity contribution is 7.99. The van der Waals surface area contributed by atoms with Gasteiger partial charge in [0.25, 0.3) is 0 Å². The van der Waals surface area contributed by atoms with E-state index in [1.807, 2.05) is 6.20 Å². The van der Waals surface area contributed by atoms with Crippen molar-refractivity contribution in [1.29, 1.82) is 0 Å². The SMILES string of the molecule is Cc1ccc(CN(C)C2CCSC2)nc1. The molecule has 82 valence electrons. The molecule has 1 aliphatic heterocycles. The van der Waals surface area contributed by atoms with Gasteiger partial charge in [-0.1, -0.05) is 6.07 Å². The third-order valence-electron chi connectivity index (χ3n) is 2.91. The van der Waals surface area contributed by atoms with Crippen LogP contribution in [0.1, 0.15) is 17.7 Å². The van der Waals surface area contributed by atoms with Gasteiger partial charge in [0, 0.05) is 24.5 Å². The average Bonchev–Trinajstić information content (AvgIpc) is 2.74. The van der Waals surface area contributed by atoms with E-state index in [2.05, 4.69) is 47.7 Å². The van der Waals surface area contributed by atoms with Gasteiger partial charge in [-0.15, -0.1) is 0 Å². The van der Waals surface area contributed by atoms with E-state index >= 15 is 0 Å². The first-order valence-electron chi connectivity index (χ1n) is 5.45. The van der Waals surface area contributed by atoms with Crippen molar-refractivity contribution < 1.29 is 0 Å². The van der Waals surface area contributed by atoms with Crippen molar-refractivity contribution in [3.05, 3.63) is 29.6 Å². The molecule has 1 aliphatic rings. The minimum Gasteiger partial charge on any atom is -0.297 e. The molecule has 1 aromatic rings. The molecule has 1 unspecified atom stereocenters. The summed E-state index contributed by atoms with van der Waals surface area (Å²) in [5.74, 6) is 2.60. The van der Waals surface area contributed by atoms with Crippen LogP contribution in [0.3, 0.4) is 0 Å². The van der Waals surface area contributed by atoms with Crippen molar-refractivity contribution in [2.75, 3.05) is 18.6 Å².